The fraction of sp³-hybridized carbons (Fsp3) is 0.600. The van der Waals surface area contributed by atoms with Crippen LogP contribution in [0.2, 0.25) is 0 Å². The van der Waals surface area contributed by atoms with Crippen LogP contribution in [0.1, 0.15) is 20.3 Å². The molecule has 94 valence electrons. The van der Waals surface area contributed by atoms with Crippen LogP contribution >= 0.6 is 0 Å². The molecule has 0 unspecified atom stereocenters. The average Bonchev–Trinajstić information content (AvgIpc) is 2.25. The number of aliphatic carboxylic acids is 1. The Morgan fingerprint density at radius 3 is 2.47 bits per heavy atom. The van der Waals surface area contributed by atoms with Crippen LogP contribution in [-0.2, 0) is 19.1 Å². The Bertz CT molecular complexity index is 347. The van der Waals surface area contributed by atoms with E-state index >= 15 is 0 Å². The highest BCUT2D eigenvalue weighted by molar-refractivity contribution is 5.85. The van der Waals surface area contributed by atoms with Gasteiger partial charge in [-0.05, 0) is 13.3 Å². The number of carboxylic acid groups (broad SMARTS) is 1. The van der Waals surface area contributed by atoms with Gasteiger partial charge in [0.1, 0.15) is 6.04 Å². The Kier molecular flexibility index (Phi) is 6.33. The van der Waals surface area contributed by atoms with E-state index in [4.69, 9.17) is 10.4 Å². The molecule has 0 aliphatic carbocycles. The molecule has 0 aromatic rings. The van der Waals surface area contributed by atoms with E-state index in [1.807, 2.05) is 6.07 Å². The van der Waals surface area contributed by atoms with E-state index in [0.29, 0.717) is 0 Å². The van der Waals surface area contributed by atoms with Crippen molar-refractivity contribution in [2.45, 2.75) is 26.3 Å². The molecule has 0 bridgehead atoms. The Balaban J connectivity index is 4.26. The lowest BCUT2D eigenvalue weighted by Gasteiger charge is -2.15. The van der Waals surface area contributed by atoms with Crippen LogP contribution in [0.15, 0.2) is 0 Å². The summed E-state index contributed by atoms with van der Waals surface area (Å²) in [6.07, 6.45) is -0.00234. The molecule has 0 aromatic carbocycles. The van der Waals surface area contributed by atoms with E-state index in [-0.39, 0.29) is 6.42 Å². The highest BCUT2D eigenvalue weighted by atomic mass is 16.5. The van der Waals surface area contributed by atoms with Gasteiger partial charge in [0.15, 0.2) is 6.61 Å². The van der Waals surface area contributed by atoms with Crippen molar-refractivity contribution in [1.29, 1.82) is 5.26 Å². The average molecular weight is 242 g/mol. The van der Waals surface area contributed by atoms with Crippen molar-refractivity contribution >= 4 is 17.8 Å². The number of carbonyl (C=O) groups excluding carboxylic acids is 2. The summed E-state index contributed by atoms with van der Waals surface area (Å²) in [6, 6.07) is 0.714. The quantitative estimate of drug-likeness (QED) is 0.616. The third-order valence-corrected chi connectivity index (χ3v) is 1.85. The van der Waals surface area contributed by atoms with E-state index in [0.717, 1.165) is 6.92 Å². The molecule has 0 heterocycles. The third-order valence-electron chi connectivity index (χ3n) is 1.85. The first-order chi connectivity index (χ1) is 7.86. The Morgan fingerprint density at radius 2 is 2.06 bits per heavy atom. The third kappa shape index (κ3) is 6.89. The van der Waals surface area contributed by atoms with Gasteiger partial charge >= 0.3 is 11.9 Å². The van der Waals surface area contributed by atoms with Gasteiger partial charge in [-0.3, -0.25) is 9.59 Å². The first-order valence-electron chi connectivity index (χ1n) is 4.92. The maximum absolute atomic E-state index is 11.2. The van der Waals surface area contributed by atoms with Gasteiger partial charge in [-0.15, -0.1) is 0 Å². The predicted molar refractivity (Wildman–Crippen MR) is 55.6 cm³/mol. The second kappa shape index (κ2) is 7.22. The molecule has 0 aliphatic heterocycles. The zero-order valence-electron chi connectivity index (χ0n) is 9.60. The lowest BCUT2D eigenvalue weighted by Crippen LogP contribution is -2.43. The van der Waals surface area contributed by atoms with Gasteiger partial charge in [0.2, 0.25) is 0 Å². The van der Waals surface area contributed by atoms with Gasteiger partial charge in [-0.1, -0.05) is 0 Å². The van der Waals surface area contributed by atoms with Crippen molar-refractivity contribution in [3.63, 3.8) is 0 Å². The lowest BCUT2D eigenvalue weighted by molar-refractivity contribution is -0.148. The number of ether oxygens (including phenoxy) is 1. The number of nitriles is 1. The highest BCUT2D eigenvalue weighted by Gasteiger charge is 2.22. The van der Waals surface area contributed by atoms with Crippen LogP contribution in [0.25, 0.3) is 0 Å². The fourth-order valence-electron chi connectivity index (χ4n) is 1.03. The van der Waals surface area contributed by atoms with Crippen LogP contribution in [0.3, 0.4) is 0 Å². The zero-order chi connectivity index (χ0) is 13.4. The monoisotopic (exact) mass is 242 g/mol. The molecule has 0 fully saturated rings. The van der Waals surface area contributed by atoms with Crippen molar-refractivity contribution in [2.75, 3.05) is 6.61 Å². The molecule has 17 heavy (non-hydrogen) atoms. The summed E-state index contributed by atoms with van der Waals surface area (Å²) in [6.45, 7) is 2.16. The van der Waals surface area contributed by atoms with E-state index in [1.165, 1.54) is 0 Å². The standard InChI is InChI=1S/C10H14N2O5/c1-6(4-11)3-8(10(15)16)12-9(14)5-17-7(2)13/h6,8H,3,5H2,1-2H3,(H,12,14)(H,15,16)/t6-,8+/m1/s1. The highest BCUT2D eigenvalue weighted by Crippen LogP contribution is 2.04. The summed E-state index contributed by atoms with van der Waals surface area (Å²) in [7, 11) is 0. The molecule has 0 saturated heterocycles. The van der Waals surface area contributed by atoms with Crippen LogP contribution < -0.4 is 5.32 Å². The van der Waals surface area contributed by atoms with Gasteiger partial charge in [0.05, 0.1) is 6.07 Å². The lowest BCUT2D eigenvalue weighted by atomic mass is 10.0. The minimum absolute atomic E-state index is 0.00234. The van der Waals surface area contributed by atoms with Gasteiger partial charge < -0.3 is 15.2 Å². The predicted octanol–water partition coefficient (Wildman–Crippen LogP) is -0.331. The maximum atomic E-state index is 11.2. The van der Waals surface area contributed by atoms with Gasteiger partial charge in [-0.2, -0.15) is 5.26 Å². The summed E-state index contributed by atoms with van der Waals surface area (Å²) in [4.78, 5) is 32.4. The van der Waals surface area contributed by atoms with Crippen molar-refractivity contribution in [3.8, 4) is 6.07 Å². The number of hydrogen-bond acceptors (Lipinski definition) is 5. The number of amides is 1. The van der Waals surface area contributed by atoms with Crippen LogP contribution in [0.5, 0.6) is 0 Å². The van der Waals surface area contributed by atoms with Crippen molar-refractivity contribution < 1.29 is 24.2 Å². The minimum Gasteiger partial charge on any atom is -0.480 e. The van der Waals surface area contributed by atoms with Crippen LogP contribution in [0.4, 0.5) is 0 Å². The summed E-state index contributed by atoms with van der Waals surface area (Å²) in [5.74, 6) is -3.07. The molecule has 0 spiro atoms. The first kappa shape index (κ1) is 14.9. The first-order valence-corrected chi connectivity index (χ1v) is 4.92. The summed E-state index contributed by atoms with van der Waals surface area (Å²) in [5, 5.41) is 19.5. The second-order valence-electron chi connectivity index (χ2n) is 3.50. The van der Waals surface area contributed by atoms with Gasteiger partial charge in [-0.25, -0.2) is 4.79 Å². The number of esters is 1. The molecule has 0 radical (unpaired) electrons. The summed E-state index contributed by atoms with van der Waals surface area (Å²) in [5.41, 5.74) is 0. The summed E-state index contributed by atoms with van der Waals surface area (Å²) < 4.78 is 4.41. The second-order valence-corrected chi connectivity index (χ2v) is 3.50. The minimum atomic E-state index is -1.23. The topological polar surface area (TPSA) is 116 Å². The number of nitrogens with zero attached hydrogens (tertiary/aromatic N) is 1. The Labute approximate surface area is 98.4 Å². The van der Waals surface area contributed by atoms with Crippen LogP contribution in [0, 0.1) is 17.2 Å². The SMILES string of the molecule is CC(=O)OCC(=O)N[C@@H](C[C@@H](C)C#N)C(=O)O. The van der Waals surface area contributed by atoms with Crippen molar-refractivity contribution in [1.82, 2.24) is 5.32 Å². The number of carboxylic acids is 1. The van der Waals surface area contributed by atoms with Crippen molar-refractivity contribution in [2.24, 2.45) is 5.92 Å². The van der Waals surface area contributed by atoms with Crippen LogP contribution in [-0.4, -0.2) is 35.6 Å². The van der Waals surface area contributed by atoms with Gasteiger partial charge in [0.25, 0.3) is 5.91 Å². The molecule has 1 amide bonds. The molecule has 2 atom stereocenters. The molecule has 0 rings (SSSR count). The smallest absolute Gasteiger partial charge is 0.326 e. The largest absolute Gasteiger partial charge is 0.480 e. The Morgan fingerprint density at radius 1 is 1.47 bits per heavy atom. The van der Waals surface area contributed by atoms with E-state index in [9.17, 15) is 14.4 Å². The number of hydrogen-bond donors (Lipinski definition) is 2. The van der Waals surface area contributed by atoms with E-state index in [2.05, 4.69) is 10.1 Å². The zero-order valence-corrected chi connectivity index (χ0v) is 9.60. The number of carbonyl (C=O) groups is 3. The number of rotatable bonds is 6. The molecule has 7 heteroatoms. The molecular formula is C10H14N2O5. The summed E-state index contributed by atoms with van der Waals surface area (Å²) >= 11 is 0. The van der Waals surface area contributed by atoms with Crippen molar-refractivity contribution in [3.05, 3.63) is 0 Å². The Hall–Kier alpha value is -2.10. The maximum Gasteiger partial charge on any atom is 0.326 e. The van der Waals surface area contributed by atoms with E-state index in [1.54, 1.807) is 6.92 Å². The molecule has 0 aromatic heterocycles. The van der Waals surface area contributed by atoms with E-state index < -0.39 is 36.4 Å². The molecule has 7 nitrogen and oxygen atoms in total. The normalized spacial score (nSPS) is 13.0. The molecule has 0 saturated carbocycles. The molecular weight excluding hydrogens is 228 g/mol. The number of nitrogens with one attached hydrogen (secondary N) is 1. The fourth-order valence-corrected chi connectivity index (χ4v) is 1.03. The molecule has 2 N–H and O–H groups in total. The van der Waals surface area contributed by atoms with Gasteiger partial charge in [0, 0.05) is 12.8 Å². The molecule has 0 aliphatic rings.